The molecule has 0 amide bonds. The Morgan fingerprint density at radius 3 is 2.76 bits per heavy atom. The Kier molecular flexibility index (Phi) is 4.67. The molecule has 0 unspecified atom stereocenters. The quantitative estimate of drug-likeness (QED) is 0.851. The van der Waals surface area contributed by atoms with Crippen molar-refractivity contribution in [1.29, 1.82) is 0 Å². The van der Waals surface area contributed by atoms with E-state index in [9.17, 15) is 4.39 Å². The summed E-state index contributed by atoms with van der Waals surface area (Å²) in [6, 6.07) is 10.9. The van der Waals surface area contributed by atoms with Crippen LogP contribution < -0.4 is 5.73 Å². The molecule has 0 spiro atoms. The van der Waals surface area contributed by atoms with Gasteiger partial charge < -0.3 is 5.73 Å². The van der Waals surface area contributed by atoms with E-state index < -0.39 is 0 Å². The van der Waals surface area contributed by atoms with Crippen molar-refractivity contribution in [3.63, 3.8) is 0 Å². The van der Waals surface area contributed by atoms with Crippen LogP contribution in [0.3, 0.4) is 0 Å². The molecule has 2 N–H and O–H groups in total. The molecule has 2 aliphatic carbocycles. The van der Waals surface area contributed by atoms with Crippen molar-refractivity contribution in [2.75, 3.05) is 0 Å². The van der Waals surface area contributed by atoms with E-state index in [-0.39, 0.29) is 11.9 Å². The van der Waals surface area contributed by atoms with E-state index in [0.717, 1.165) is 28.7 Å². The fraction of sp³-hybridized carbons (Fsp3) is 0.409. The van der Waals surface area contributed by atoms with E-state index in [1.165, 1.54) is 44.2 Å². The highest BCUT2D eigenvalue weighted by Gasteiger charge is 2.40. The summed E-state index contributed by atoms with van der Waals surface area (Å²) in [6.07, 6.45) is 12.8. The van der Waals surface area contributed by atoms with E-state index in [1.54, 1.807) is 6.07 Å². The van der Waals surface area contributed by atoms with Crippen molar-refractivity contribution in [2.45, 2.75) is 38.1 Å². The molecule has 1 aromatic carbocycles. The molecular weight excluding hydrogens is 311 g/mol. The van der Waals surface area contributed by atoms with Crippen molar-refractivity contribution in [2.24, 2.45) is 23.5 Å². The Morgan fingerprint density at radius 1 is 1.08 bits per heavy atom. The number of hydrogen-bond acceptors (Lipinski definition) is 2. The van der Waals surface area contributed by atoms with Gasteiger partial charge in [-0.2, -0.15) is 0 Å². The molecule has 130 valence electrons. The molecule has 2 aliphatic rings. The molecule has 25 heavy (non-hydrogen) atoms. The van der Waals surface area contributed by atoms with E-state index in [1.807, 2.05) is 24.4 Å². The van der Waals surface area contributed by atoms with Crippen LogP contribution in [0, 0.1) is 23.6 Å². The molecule has 0 radical (unpaired) electrons. The molecule has 2 fully saturated rings. The number of benzene rings is 1. The fourth-order valence-electron chi connectivity index (χ4n) is 4.70. The lowest BCUT2D eigenvalue weighted by Gasteiger charge is -2.28. The maximum atomic E-state index is 13.4. The lowest BCUT2D eigenvalue weighted by molar-refractivity contribution is 0.249. The van der Waals surface area contributed by atoms with Crippen molar-refractivity contribution < 1.29 is 4.39 Å². The van der Waals surface area contributed by atoms with Crippen LogP contribution in [0.25, 0.3) is 17.2 Å². The van der Waals surface area contributed by atoms with Gasteiger partial charge in [0, 0.05) is 17.8 Å². The van der Waals surface area contributed by atoms with E-state index in [0.29, 0.717) is 5.92 Å². The number of nitrogens with two attached hydrogens (primary N) is 1. The number of nitrogens with zero attached hydrogens (tertiary/aromatic N) is 1. The summed E-state index contributed by atoms with van der Waals surface area (Å²) in [4.78, 5) is 4.52. The average Bonchev–Trinajstić information content (AvgIpc) is 2.95. The van der Waals surface area contributed by atoms with Crippen LogP contribution in [0.15, 0.2) is 48.7 Å². The largest absolute Gasteiger partial charge is 0.327 e. The van der Waals surface area contributed by atoms with Gasteiger partial charge in [0.2, 0.25) is 0 Å². The molecule has 2 aromatic rings. The fourth-order valence-corrected chi connectivity index (χ4v) is 4.70. The molecule has 0 bridgehead atoms. The zero-order valence-electron chi connectivity index (χ0n) is 14.4. The zero-order valence-corrected chi connectivity index (χ0v) is 14.4. The maximum absolute atomic E-state index is 13.4. The van der Waals surface area contributed by atoms with Crippen molar-refractivity contribution >= 4 is 6.08 Å². The van der Waals surface area contributed by atoms with Gasteiger partial charge in [-0.05, 0) is 60.4 Å². The lowest BCUT2D eigenvalue weighted by atomic mass is 9.78. The number of aromatic nitrogens is 1. The Labute approximate surface area is 149 Å². The summed E-state index contributed by atoms with van der Waals surface area (Å²) in [5, 5.41) is 0. The standard InChI is InChI=1S/C22H25FN2/c23-18-6-3-5-15(12-18)17-8-9-19(25-14-17)10-11-21-20-7-2-1-4-16(20)13-22(21)24/h3,5-6,8-12,14,16,20-22H,1-2,4,7,13,24H2/b11-10+/t16-,20-,21+,22+/m1/s1. The second kappa shape index (κ2) is 7.09. The minimum atomic E-state index is -0.223. The Balaban J connectivity index is 1.48. The highest BCUT2D eigenvalue weighted by molar-refractivity contribution is 5.63. The van der Waals surface area contributed by atoms with Crippen LogP contribution in [0.1, 0.15) is 37.8 Å². The van der Waals surface area contributed by atoms with Crippen LogP contribution >= 0.6 is 0 Å². The van der Waals surface area contributed by atoms with Gasteiger partial charge in [-0.15, -0.1) is 0 Å². The Bertz CT molecular complexity index is 753. The van der Waals surface area contributed by atoms with Crippen LogP contribution in [0.4, 0.5) is 4.39 Å². The van der Waals surface area contributed by atoms with Gasteiger partial charge in [0.05, 0.1) is 5.69 Å². The molecule has 1 heterocycles. The maximum Gasteiger partial charge on any atom is 0.123 e. The number of fused-ring (bicyclic) bond motifs is 1. The molecule has 1 aromatic heterocycles. The van der Waals surface area contributed by atoms with Crippen molar-refractivity contribution in [3.05, 3.63) is 60.2 Å². The van der Waals surface area contributed by atoms with E-state index in [4.69, 9.17) is 5.73 Å². The summed E-state index contributed by atoms with van der Waals surface area (Å²) in [7, 11) is 0. The number of rotatable bonds is 3. The highest BCUT2D eigenvalue weighted by Crippen LogP contribution is 2.46. The summed E-state index contributed by atoms with van der Waals surface area (Å²) in [5.74, 6) is 1.84. The van der Waals surface area contributed by atoms with Crippen LogP contribution in [-0.4, -0.2) is 11.0 Å². The first-order valence-electron chi connectivity index (χ1n) is 9.36. The zero-order chi connectivity index (χ0) is 17.2. The van der Waals surface area contributed by atoms with Gasteiger partial charge in [-0.3, -0.25) is 4.98 Å². The topological polar surface area (TPSA) is 38.9 Å². The first-order valence-corrected chi connectivity index (χ1v) is 9.36. The monoisotopic (exact) mass is 336 g/mol. The van der Waals surface area contributed by atoms with Gasteiger partial charge in [0.15, 0.2) is 0 Å². The minimum Gasteiger partial charge on any atom is -0.327 e. The number of halogens is 1. The molecule has 2 saturated carbocycles. The van der Waals surface area contributed by atoms with E-state index in [2.05, 4.69) is 17.1 Å². The van der Waals surface area contributed by atoms with Crippen molar-refractivity contribution in [1.82, 2.24) is 4.98 Å². The highest BCUT2D eigenvalue weighted by atomic mass is 19.1. The molecule has 2 nitrogen and oxygen atoms in total. The molecule has 0 saturated heterocycles. The van der Waals surface area contributed by atoms with Gasteiger partial charge in [-0.1, -0.05) is 43.5 Å². The molecule has 3 heteroatoms. The smallest absolute Gasteiger partial charge is 0.123 e. The number of hydrogen-bond donors (Lipinski definition) is 1. The summed E-state index contributed by atoms with van der Waals surface area (Å²) in [5.41, 5.74) is 9.13. The lowest BCUT2D eigenvalue weighted by Crippen LogP contribution is -2.26. The summed E-state index contributed by atoms with van der Waals surface area (Å²) < 4.78 is 13.4. The van der Waals surface area contributed by atoms with Crippen LogP contribution in [-0.2, 0) is 0 Å². The Morgan fingerprint density at radius 2 is 1.96 bits per heavy atom. The predicted molar refractivity (Wildman–Crippen MR) is 100 cm³/mol. The van der Waals surface area contributed by atoms with Gasteiger partial charge >= 0.3 is 0 Å². The third-order valence-electron chi connectivity index (χ3n) is 5.97. The van der Waals surface area contributed by atoms with Gasteiger partial charge in [0.1, 0.15) is 5.82 Å². The first kappa shape index (κ1) is 16.5. The molecular formula is C22H25FN2. The predicted octanol–water partition coefficient (Wildman–Crippen LogP) is 5.05. The van der Waals surface area contributed by atoms with Crippen LogP contribution in [0.5, 0.6) is 0 Å². The molecule has 4 rings (SSSR count). The third kappa shape index (κ3) is 3.52. The molecule has 4 atom stereocenters. The van der Waals surface area contributed by atoms with Gasteiger partial charge in [0.25, 0.3) is 0 Å². The van der Waals surface area contributed by atoms with E-state index >= 15 is 0 Å². The minimum absolute atomic E-state index is 0.223. The SMILES string of the molecule is N[C@H]1C[C@H]2CCCC[C@H]2[C@@H]1/C=C/c1ccc(-c2cccc(F)c2)cn1. The second-order valence-corrected chi connectivity index (χ2v) is 7.53. The van der Waals surface area contributed by atoms with Gasteiger partial charge in [-0.25, -0.2) is 4.39 Å². The third-order valence-corrected chi connectivity index (χ3v) is 5.97. The van der Waals surface area contributed by atoms with Crippen LogP contribution in [0.2, 0.25) is 0 Å². The number of pyridine rings is 1. The summed E-state index contributed by atoms with van der Waals surface area (Å²) in [6.45, 7) is 0. The Hall–Kier alpha value is -2.00. The van der Waals surface area contributed by atoms with Crippen molar-refractivity contribution in [3.8, 4) is 11.1 Å². The average molecular weight is 336 g/mol. The normalized spacial score (nSPS) is 29.0. The second-order valence-electron chi connectivity index (χ2n) is 7.53. The first-order chi connectivity index (χ1) is 12.2. The summed E-state index contributed by atoms with van der Waals surface area (Å²) >= 11 is 0. The molecule has 0 aliphatic heterocycles.